The molecule has 2 rings (SSSR count). The van der Waals surface area contributed by atoms with Crippen LogP contribution in [0.3, 0.4) is 0 Å². The molecule has 0 unspecified atom stereocenters. The first-order valence-electron chi connectivity index (χ1n) is 5.73. The molecule has 0 amide bonds. The van der Waals surface area contributed by atoms with Crippen LogP contribution >= 0.6 is 0 Å². The maximum Gasteiger partial charge on any atom is 0.128 e. The number of aryl methyl sites for hydroxylation is 1. The number of aromatic nitrogens is 1. The summed E-state index contributed by atoms with van der Waals surface area (Å²) in [5, 5.41) is 0. The summed E-state index contributed by atoms with van der Waals surface area (Å²) in [6, 6.07) is 4.20. The van der Waals surface area contributed by atoms with Crippen LogP contribution in [0.15, 0.2) is 12.1 Å². The van der Waals surface area contributed by atoms with Gasteiger partial charge in [-0.1, -0.05) is 6.07 Å². The third-order valence-corrected chi connectivity index (χ3v) is 3.08. The highest BCUT2D eigenvalue weighted by Crippen LogP contribution is 2.19. The van der Waals surface area contributed by atoms with Crippen LogP contribution in [0.1, 0.15) is 30.5 Å². The summed E-state index contributed by atoms with van der Waals surface area (Å²) in [5.74, 6) is 1.12. The van der Waals surface area contributed by atoms with Gasteiger partial charge in [-0.3, -0.25) is 0 Å². The van der Waals surface area contributed by atoms with Crippen molar-refractivity contribution in [3.05, 3.63) is 23.4 Å². The fourth-order valence-electron chi connectivity index (χ4n) is 2.09. The molecule has 0 radical (unpaired) electrons. The van der Waals surface area contributed by atoms with Gasteiger partial charge >= 0.3 is 0 Å². The van der Waals surface area contributed by atoms with Crippen molar-refractivity contribution < 1.29 is 0 Å². The molecule has 0 spiro atoms. The second kappa shape index (κ2) is 4.62. The van der Waals surface area contributed by atoms with E-state index in [0.29, 0.717) is 6.54 Å². The fraction of sp³-hybridized carbons (Fsp3) is 0.583. The second-order valence-corrected chi connectivity index (χ2v) is 4.17. The highest BCUT2D eigenvalue weighted by Gasteiger charge is 2.12. The molecule has 2 N–H and O–H groups in total. The van der Waals surface area contributed by atoms with Crippen molar-refractivity contribution >= 4 is 5.82 Å². The van der Waals surface area contributed by atoms with E-state index in [1.54, 1.807) is 0 Å². The van der Waals surface area contributed by atoms with Crippen LogP contribution in [0.5, 0.6) is 0 Å². The van der Waals surface area contributed by atoms with Gasteiger partial charge in [0.2, 0.25) is 0 Å². The summed E-state index contributed by atoms with van der Waals surface area (Å²) in [4.78, 5) is 6.99. The molecule has 3 heteroatoms. The first kappa shape index (κ1) is 10.4. The molecule has 0 aliphatic carbocycles. The quantitative estimate of drug-likeness (QED) is 0.801. The van der Waals surface area contributed by atoms with Crippen molar-refractivity contribution in [3.63, 3.8) is 0 Å². The van der Waals surface area contributed by atoms with Crippen LogP contribution in [-0.4, -0.2) is 18.1 Å². The Labute approximate surface area is 91.3 Å². The summed E-state index contributed by atoms with van der Waals surface area (Å²) >= 11 is 0. The van der Waals surface area contributed by atoms with Gasteiger partial charge in [0.1, 0.15) is 5.82 Å². The predicted molar refractivity (Wildman–Crippen MR) is 62.9 cm³/mol. The van der Waals surface area contributed by atoms with Crippen LogP contribution in [0.2, 0.25) is 0 Å². The number of pyridine rings is 1. The molecule has 1 aliphatic heterocycles. The van der Waals surface area contributed by atoms with E-state index in [-0.39, 0.29) is 0 Å². The molecule has 1 aromatic heterocycles. The predicted octanol–water partition coefficient (Wildman–Crippen LogP) is 1.84. The Hall–Kier alpha value is -1.09. The van der Waals surface area contributed by atoms with Gasteiger partial charge in [-0.15, -0.1) is 0 Å². The van der Waals surface area contributed by atoms with E-state index in [1.807, 2.05) is 6.92 Å². The van der Waals surface area contributed by atoms with Gasteiger partial charge < -0.3 is 10.6 Å². The van der Waals surface area contributed by atoms with Crippen molar-refractivity contribution in [2.45, 2.75) is 32.7 Å². The molecule has 1 aliphatic rings. The molecular weight excluding hydrogens is 186 g/mol. The minimum atomic E-state index is 0.582. The standard InChI is InChI=1S/C12H19N3/c1-10-11(9-13)5-6-12(14-10)15-7-3-2-4-8-15/h5-6H,2-4,7-9,13H2,1H3. The van der Waals surface area contributed by atoms with Gasteiger partial charge in [0.25, 0.3) is 0 Å². The second-order valence-electron chi connectivity index (χ2n) is 4.17. The zero-order valence-electron chi connectivity index (χ0n) is 9.37. The highest BCUT2D eigenvalue weighted by atomic mass is 15.2. The van der Waals surface area contributed by atoms with Crippen LogP contribution in [0.25, 0.3) is 0 Å². The summed E-state index contributed by atoms with van der Waals surface area (Å²) in [6.07, 6.45) is 3.94. The van der Waals surface area contributed by atoms with Gasteiger partial charge in [-0.05, 0) is 37.8 Å². The topological polar surface area (TPSA) is 42.2 Å². The third-order valence-electron chi connectivity index (χ3n) is 3.08. The van der Waals surface area contributed by atoms with E-state index in [9.17, 15) is 0 Å². The number of hydrogen-bond donors (Lipinski definition) is 1. The molecule has 82 valence electrons. The Kier molecular flexibility index (Phi) is 3.21. The summed E-state index contributed by atoms with van der Waals surface area (Å²) in [6.45, 7) is 4.91. The Morgan fingerprint density at radius 3 is 2.60 bits per heavy atom. The molecule has 0 aromatic carbocycles. The van der Waals surface area contributed by atoms with E-state index < -0.39 is 0 Å². The SMILES string of the molecule is Cc1nc(N2CCCCC2)ccc1CN. The largest absolute Gasteiger partial charge is 0.357 e. The Balaban J connectivity index is 2.17. The molecule has 15 heavy (non-hydrogen) atoms. The van der Waals surface area contributed by atoms with Crippen molar-refractivity contribution in [3.8, 4) is 0 Å². The van der Waals surface area contributed by atoms with E-state index in [1.165, 1.54) is 19.3 Å². The van der Waals surface area contributed by atoms with Gasteiger partial charge in [0.15, 0.2) is 0 Å². The monoisotopic (exact) mass is 205 g/mol. The first-order chi connectivity index (χ1) is 7.31. The smallest absolute Gasteiger partial charge is 0.128 e. The zero-order chi connectivity index (χ0) is 10.7. The van der Waals surface area contributed by atoms with Crippen LogP contribution in [-0.2, 0) is 6.54 Å². The number of anilines is 1. The Bertz CT molecular complexity index is 330. The highest BCUT2D eigenvalue weighted by molar-refractivity contribution is 5.41. The fourth-order valence-corrected chi connectivity index (χ4v) is 2.09. The molecule has 1 fully saturated rings. The lowest BCUT2D eigenvalue weighted by Gasteiger charge is -2.28. The van der Waals surface area contributed by atoms with Gasteiger partial charge in [0.05, 0.1) is 0 Å². The minimum absolute atomic E-state index is 0.582. The van der Waals surface area contributed by atoms with Crippen molar-refractivity contribution in [2.75, 3.05) is 18.0 Å². The average Bonchev–Trinajstić information content (AvgIpc) is 2.30. The third kappa shape index (κ3) is 2.29. The number of nitrogens with two attached hydrogens (primary N) is 1. The first-order valence-corrected chi connectivity index (χ1v) is 5.73. The van der Waals surface area contributed by atoms with Crippen LogP contribution < -0.4 is 10.6 Å². The molecule has 2 heterocycles. The van der Waals surface area contributed by atoms with Crippen molar-refractivity contribution in [2.24, 2.45) is 5.73 Å². The molecule has 1 saturated heterocycles. The van der Waals surface area contributed by atoms with Crippen molar-refractivity contribution in [1.82, 2.24) is 4.98 Å². The lowest BCUT2D eigenvalue weighted by molar-refractivity contribution is 0.573. The van der Waals surface area contributed by atoms with Gasteiger partial charge in [-0.2, -0.15) is 0 Å². The maximum absolute atomic E-state index is 5.63. The summed E-state index contributed by atoms with van der Waals surface area (Å²) < 4.78 is 0. The normalized spacial score (nSPS) is 16.8. The summed E-state index contributed by atoms with van der Waals surface area (Å²) in [5.41, 5.74) is 7.84. The number of piperidine rings is 1. The van der Waals surface area contributed by atoms with E-state index in [2.05, 4.69) is 22.0 Å². The molecule has 0 bridgehead atoms. The lowest BCUT2D eigenvalue weighted by Crippen LogP contribution is -2.30. The molecule has 3 nitrogen and oxygen atoms in total. The van der Waals surface area contributed by atoms with Crippen LogP contribution in [0, 0.1) is 6.92 Å². The van der Waals surface area contributed by atoms with Crippen molar-refractivity contribution in [1.29, 1.82) is 0 Å². The molecule has 0 atom stereocenters. The molecule has 1 aromatic rings. The Morgan fingerprint density at radius 1 is 1.27 bits per heavy atom. The summed E-state index contributed by atoms with van der Waals surface area (Å²) in [7, 11) is 0. The minimum Gasteiger partial charge on any atom is -0.357 e. The number of nitrogens with zero attached hydrogens (tertiary/aromatic N) is 2. The van der Waals surface area contributed by atoms with E-state index >= 15 is 0 Å². The van der Waals surface area contributed by atoms with E-state index in [4.69, 9.17) is 5.73 Å². The van der Waals surface area contributed by atoms with Gasteiger partial charge in [0, 0.05) is 25.3 Å². The zero-order valence-corrected chi connectivity index (χ0v) is 9.37. The van der Waals surface area contributed by atoms with Crippen LogP contribution in [0.4, 0.5) is 5.82 Å². The average molecular weight is 205 g/mol. The maximum atomic E-state index is 5.63. The lowest BCUT2D eigenvalue weighted by atomic mass is 10.1. The number of hydrogen-bond acceptors (Lipinski definition) is 3. The van der Waals surface area contributed by atoms with Gasteiger partial charge in [-0.25, -0.2) is 4.98 Å². The Morgan fingerprint density at radius 2 is 2.00 bits per heavy atom. The number of rotatable bonds is 2. The molecule has 0 saturated carbocycles. The van der Waals surface area contributed by atoms with E-state index in [0.717, 1.165) is 30.2 Å². The molecular formula is C12H19N3.